The van der Waals surface area contributed by atoms with E-state index in [4.69, 9.17) is 0 Å². The SMILES string of the molecule is CC(C)[C@@H](C#C[Si](C)(C)C)N[S+]([O-])C(C)(C)C. The van der Waals surface area contributed by atoms with E-state index in [0.29, 0.717) is 5.92 Å². The summed E-state index contributed by atoms with van der Waals surface area (Å²) in [6.45, 7) is 16.8. The summed E-state index contributed by atoms with van der Waals surface area (Å²) in [4.78, 5) is 0. The monoisotopic (exact) mass is 273 g/mol. The minimum atomic E-state index is -1.36. The summed E-state index contributed by atoms with van der Waals surface area (Å²) in [5.74, 6) is 3.64. The standard InChI is InChI=1S/C13H27NOSSi/c1-11(2)12(9-10-17(6,7)8)14-16(15)13(3,4)5/h11-12,14H,1-8H3/t12-,16?/m1/s1. The molecule has 1 unspecified atom stereocenters. The summed E-state index contributed by atoms with van der Waals surface area (Å²) in [5.41, 5.74) is 3.35. The van der Waals surface area contributed by atoms with E-state index in [9.17, 15) is 4.55 Å². The summed E-state index contributed by atoms with van der Waals surface area (Å²) < 4.78 is 15.0. The predicted molar refractivity (Wildman–Crippen MR) is 80.8 cm³/mol. The van der Waals surface area contributed by atoms with Crippen molar-refractivity contribution in [3.63, 3.8) is 0 Å². The largest absolute Gasteiger partial charge is 0.598 e. The third-order valence-electron chi connectivity index (χ3n) is 2.06. The van der Waals surface area contributed by atoms with Crippen LogP contribution in [0.5, 0.6) is 0 Å². The molecule has 100 valence electrons. The Kier molecular flexibility index (Phi) is 6.30. The van der Waals surface area contributed by atoms with Gasteiger partial charge in [-0.1, -0.05) is 39.4 Å². The summed E-state index contributed by atoms with van der Waals surface area (Å²) in [7, 11) is -1.36. The van der Waals surface area contributed by atoms with Crippen LogP contribution in [-0.2, 0) is 11.4 Å². The van der Waals surface area contributed by atoms with Crippen molar-refractivity contribution in [1.29, 1.82) is 0 Å². The maximum atomic E-state index is 12.0. The van der Waals surface area contributed by atoms with Gasteiger partial charge in [0.1, 0.15) is 18.9 Å². The number of hydrogen-bond donors (Lipinski definition) is 1. The van der Waals surface area contributed by atoms with Crippen LogP contribution in [0.4, 0.5) is 0 Å². The number of nitrogens with one attached hydrogen (secondary N) is 1. The molecule has 17 heavy (non-hydrogen) atoms. The van der Waals surface area contributed by atoms with Gasteiger partial charge in [0.15, 0.2) is 0 Å². The van der Waals surface area contributed by atoms with Crippen molar-refractivity contribution in [1.82, 2.24) is 4.72 Å². The second kappa shape index (κ2) is 6.28. The van der Waals surface area contributed by atoms with Gasteiger partial charge < -0.3 is 4.55 Å². The number of rotatable bonds is 3. The molecule has 2 nitrogen and oxygen atoms in total. The molecule has 0 bridgehead atoms. The van der Waals surface area contributed by atoms with E-state index in [2.05, 4.69) is 49.7 Å². The molecule has 0 aliphatic heterocycles. The van der Waals surface area contributed by atoms with Crippen molar-refractivity contribution in [2.24, 2.45) is 5.92 Å². The zero-order valence-electron chi connectivity index (χ0n) is 12.5. The molecule has 0 amide bonds. The lowest BCUT2D eigenvalue weighted by atomic mass is 10.1. The summed E-state index contributed by atoms with van der Waals surface area (Å²) in [6.07, 6.45) is 0. The van der Waals surface area contributed by atoms with E-state index >= 15 is 0 Å². The Balaban J connectivity index is 4.72. The topological polar surface area (TPSA) is 35.1 Å². The Morgan fingerprint density at radius 2 is 1.65 bits per heavy atom. The fraction of sp³-hybridized carbons (Fsp3) is 0.846. The van der Waals surface area contributed by atoms with Crippen LogP contribution in [0.15, 0.2) is 0 Å². The molecule has 0 saturated heterocycles. The second-order valence-corrected chi connectivity index (χ2v) is 13.5. The molecule has 0 aromatic carbocycles. The number of hydrogen-bond acceptors (Lipinski definition) is 2. The molecule has 0 aliphatic carbocycles. The lowest BCUT2D eigenvalue weighted by Crippen LogP contribution is -2.46. The fourth-order valence-corrected chi connectivity index (χ4v) is 2.42. The third kappa shape index (κ3) is 7.88. The maximum absolute atomic E-state index is 12.0. The summed E-state index contributed by atoms with van der Waals surface area (Å²) in [6, 6.07) is 0.0155. The Hall–Kier alpha value is 0.0469. The minimum Gasteiger partial charge on any atom is -0.598 e. The molecule has 0 rings (SSSR count). The molecule has 0 aliphatic rings. The lowest BCUT2D eigenvalue weighted by Gasteiger charge is -2.27. The zero-order chi connectivity index (χ0) is 13.9. The zero-order valence-corrected chi connectivity index (χ0v) is 14.3. The van der Waals surface area contributed by atoms with Crippen molar-refractivity contribution in [2.45, 2.75) is 65.0 Å². The molecule has 1 N–H and O–H groups in total. The first-order valence-electron chi connectivity index (χ1n) is 6.14. The molecular weight excluding hydrogens is 246 g/mol. The average molecular weight is 274 g/mol. The van der Waals surface area contributed by atoms with Crippen LogP contribution in [0.3, 0.4) is 0 Å². The molecular formula is C13H27NOSSi. The van der Waals surface area contributed by atoms with Crippen molar-refractivity contribution in [3.8, 4) is 11.5 Å². The van der Waals surface area contributed by atoms with E-state index in [1.165, 1.54) is 0 Å². The van der Waals surface area contributed by atoms with Gasteiger partial charge in [-0.15, -0.1) is 10.3 Å². The predicted octanol–water partition coefficient (Wildman–Crippen LogP) is 2.94. The van der Waals surface area contributed by atoms with Crippen LogP contribution in [0.2, 0.25) is 19.6 Å². The van der Waals surface area contributed by atoms with Crippen LogP contribution in [0, 0.1) is 17.4 Å². The summed E-state index contributed by atoms with van der Waals surface area (Å²) >= 11 is -1.05. The molecule has 4 heteroatoms. The molecule has 0 radical (unpaired) electrons. The van der Waals surface area contributed by atoms with E-state index in [0.717, 1.165) is 0 Å². The lowest BCUT2D eigenvalue weighted by molar-refractivity contribution is 0.498. The fourth-order valence-electron chi connectivity index (χ4n) is 0.919. The molecule has 0 aromatic rings. The van der Waals surface area contributed by atoms with Gasteiger partial charge in [-0.3, -0.25) is 0 Å². The normalized spacial score (nSPS) is 16.4. The Labute approximate surface area is 111 Å². The van der Waals surface area contributed by atoms with Crippen LogP contribution in [0.1, 0.15) is 34.6 Å². The van der Waals surface area contributed by atoms with Gasteiger partial charge >= 0.3 is 0 Å². The van der Waals surface area contributed by atoms with Gasteiger partial charge in [0, 0.05) is 11.4 Å². The van der Waals surface area contributed by atoms with E-state index in [1.807, 2.05) is 20.8 Å². The van der Waals surface area contributed by atoms with Gasteiger partial charge in [0.05, 0.1) is 0 Å². The first-order chi connectivity index (χ1) is 7.43. The smallest absolute Gasteiger partial charge is 0.136 e. The van der Waals surface area contributed by atoms with E-state index in [1.54, 1.807) is 0 Å². The Morgan fingerprint density at radius 1 is 1.18 bits per heavy atom. The first-order valence-corrected chi connectivity index (χ1v) is 10.8. The molecule has 0 heterocycles. The van der Waals surface area contributed by atoms with E-state index in [-0.39, 0.29) is 10.8 Å². The molecule has 0 saturated carbocycles. The quantitative estimate of drug-likeness (QED) is 0.487. The van der Waals surface area contributed by atoms with Gasteiger partial charge in [0.2, 0.25) is 0 Å². The van der Waals surface area contributed by atoms with Crippen LogP contribution >= 0.6 is 0 Å². The third-order valence-corrected chi connectivity index (χ3v) is 4.53. The molecule has 2 atom stereocenters. The van der Waals surface area contributed by atoms with Gasteiger partial charge in [-0.25, -0.2) is 0 Å². The van der Waals surface area contributed by atoms with E-state index < -0.39 is 19.4 Å². The maximum Gasteiger partial charge on any atom is 0.136 e. The van der Waals surface area contributed by atoms with Crippen LogP contribution in [0.25, 0.3) is 0 Å². The highest BCUT2D eigenvalue weighted by Gasteiger charge is 2.29. The molecule has 0 fully saturated rings. The molecule has 0 aromatic heterocycles. The second-order valence-electron chi connectivity index (χ2n) is 6.74. The van der Waals surface area contributed by atoms with Crippen molar-refractivity contribution < 1.29 is 4.55 Å². The van der Waals surface area contributed by atoms with Gasteiger partial charge in [-0.05, 0) is 26.7 Å². The molecule has 0 spiro atoms. The van der Waals surface area contributed by atoms with Crippen molar-refractivity contribution in [3.05, 3.63) is 0 Å². The van der Waals surface area contributed by atoms with Crippen LogP contribution in [-0.4, -0.2) is 23.4 Å². The first kappa shape index (κ1) is 17.0. The highest BCUT2D eigenvalue weighted by atomic mass is 32.2. The highest BCUT2D eigenvalue weighted by molar-refractivity contribution is 7.90. The van der Waals surface area contributed by atoms with Gasteiger partial charge in [0.25, 0.3) is 0 Å². The highest BCUT2D eigenvalue weighted by Crippen LogP contribution is 2.15. The Bertz CT molecular complexity index is 293. The van der Waals surface area contributed by atoms with Crippen molar-refractivity contribution >= 4 is 19.4 Å². The van der Waals surface area contributed by atoms with Gasteiger partial charge in [-0.2, -0.15) is 0 Å². The van der Waals surface area contributed by atoms with Crippen LogP contribution < -0.4 is 4.72 Å². The van der Waals surface area contributed by atoms with Crippen molar-refractivity contribution in [2.75, 3.05) is 0 Å². The average Bonchev–Trinajstić information content (AvgIpc) is 2.07. The minimum absolute atomic E-state index is 0.0155. The Morgan fingerprint density at radius 3 is 1.94 bits per heavy atom. The summed E-state index contributed by atoms with van der Waals surface area (Å²) in [5, 5.41) is 0.